The monoisotopic (exact) mass is 336 g/mol. The number of nitrogens with two attached hydrogens (primary N) is 1. The third-order valence-corrected chi connectivity index (χ3v) is 5.24. The molecular formula is C17H26BClN2O2. The maximum absolute atomic E-state index is 6.43. The minimum absolute atomic E-state index is 0.370. The number of hydrogen-bond acceptors (Lipinski definition) is 4. The highest BCUT2D eigenvalue weighted by Gasteiger charge is 2.52. The Hall–Kier alpha value is -1.01. The van der Waals surface area contributed by atoms with Gasteiger partial charge in [0.05, 0.1) is 16.2 Å². The first-order valence-corrected chi connectivity index (χ1v) is 8.22. The first-order valence-electron chi connectivity index (χ1n) is 7.84. The lowest BCUT2D eigenvalue weighted by molar-refractivity contribution is 0.00578. The number of likely N-dealkylation sites (N-methyl/N-ethyl adjacent to an activating group) is 1. The Kier molecular flexibility index (Phi) is 5.16. The van der Waals surface area contributed by atoms with Gasteiger partial charge >= 0.3 is 7.12 Å². The van der Waals surface area contributed by atoms with Crippen LogP contribution >= 0.6 is 11.6 Å². The van der Waals surface area contributed by atoms with E-state index in [4.69, 9.17) is 26.6 Å². The molecule has 0 saturated carbocycles. The minimum Gasteiger partial charge on any atom is -0.400 e. The maximum Gasteiger partial charge on any atom is 0.491 e. The zero-order valence-electron chi connectivity index (χ0n) is 14.8. The van der Waals surface area contributed by atoms with Gasteiger partial charge in [0.1, 0.15) is 0 Å². The summed E-state index contributed by atoms with van der Waals surface area (Å²) in [6, 6.07) is 3.79. The van der Waals surface area contributed by atoms with E-state index in [1.165, 1.54) is 0 Å². The number of hydrogen-bond donors (Lipinski definition) is 2. The number of nitrogen functional groups attached to an aromatic ring is 1. The molecule has 1 aliphatic rings. The molecule has 1 saturated heterocycles. The topological polar surface area (TPSA) is 56.5 Å². The molecule has 0 atom stereocenters. The summed E-state index contributed by atoms with van der Waals surface area (Å²) in [6.45, 7) is 10.8. The predicted octanol–water partition coefficient (Wildman–Crippen LogP) is 3.46. The summed E-state index contributed by atoms with van der Waals surface area (Å²) in [4.78, 5) is 0. The number of rotatable bonds is 4. The van der Waals surface area contributed by atoms with E-state index in [1.807, 2.05) is 59.9 Å². The van der Waals surface area contributed by atoms with Crippen LogP contribution in [-0.4, -0.2) is 31.9 Å². The molecule has 3 N–H and O–H groups in total. The molecule has 1 aliphatic heterocycles. The average Bonchev–Trinajstić information content (AvgIpc) is 2.67. The van der Waals surface area contributed by atoms with Gasteiger partial charge in [0, 0.05) is 12.2 Å². The van der Waals surface area contributed by atoms with Crippen molar-refractivity contribution in [1.82, 2.24) is 5.32 Å². The molecule has 1 aromatic rings. The number of anilines is 1. The molecule has 126 valence electrons. The fourth-order valence-corrected chi connectivity index (χ4v) is 2.66. The lowest BCUT2D eigenvalue weighted by Crippen LogP contribution is -2.41. The molecule has 1 heterocycles. The standard InChI is InChI=1S/C17H26BClN2O2/c1-11-14(20)8-7-12(15(11)19)9-13(10-21-6)18-22-16(2,3)17(4,5)23-18/h7-9,21H,10,20H2,1-6H3. The molecule has 1 fully saturated rings. The van der Waals surface area contributed by atoms with E-state index in [0.29, 0.717) is 17.3 Å². The average molecular weight is 337 g/mol. The molecule has 4 nitrogen and oxygen atoms in total. The molecule has 0 aliphatic carbocycles. The van der Waals surface area contributed by atoms with Crippen molar-refractivity contribution >= 4 is 30.5 Å². The van der Waals surface area contributed by atoms with Gasteiger partial charge in [-0.1, -0.05) is 23.7 Å². The van der Waals surface area contributed by atoms with Crippen molar-refractivity contribution in [2.75, 3.05) is 19.3 Å². The predicted molar refractivity (Wildman–Crippen MR) is 98.6 cm³/mol. The van der Waals surface area contributed by atoms with Crippen molar-refractivity contribution < 1.29 is 9.31 Å². The Bertz CT molecular complexity index is 613. The van der Waals surface area contributed by atoms with Gasteiger partial charge in [-0.3, -0.25) is 0 Å². The first kappa shape index (κ1) is 18.3. The Morgan fingerprint density at radius 1 is 1.26 bits per heavy atom. The van der Waals surface area contributed by atoms with Crippen LogP contribution in [0.25, 0.3) is 6.08 Å². The summed E-state index contributed by atoms with van der Waals surface area (Å²) in [6.07, 6.45) is 2.02. The van der Waals surface area contributed by atoms with Gasteiger partial charge in [0.15, 0.2) is 0 Å². The highest BCUT2D eigenvalue weighted by atomic mass is 35.5. The first-order chi connectivity index (χ1) is 10.6. The van der Waals surface area contributed by atoms with Crippen molar-refractivity contribution in [1.29, 1.82) is 0 Å². The Labute approximate surface area is 144 Å². The fourth-order valence-electron chi connectivity index (χ4n) is 2.43. The summed E-state index contributed by atoms with van der Waals surface area (Å²) >= 11 is 6.43. The summed E-state index contributed by atoms with van der Waals surface area (Å²) in [5, 5.41) is 3.83. The van der Waals surface area contributed by atoms with E-state index < -0.39 is 7.12 Å². The second-order valence-corrected chi connectivity index (χ2v) is 7.40. The third kappa shape index (κ3) is 3.58. The Balaban J connectivity index is 2.38. The van der Waals surface area contributed by atoms with Crippen molar-refractivity contribution in [3.05, 3.63) is 33.8 Å². The molecular weight excluding hydrogens is 310 g/mol. The highest BCUT2D eigenvalue weighted by molar-refractivity contribution is 6.56. The summed E-state index contributed by atoms with van der Waals surface area (Å²) in [5.74, 6) is 0. The van der Waals surface area contributed by atoms with E-state index >= 15 is 0 Å². The van der Waals surface area contributed by atoms with Crippen LogP contribution in [0.3, 0.4) is 0 Å². The van der Waals surface area contributed by atoms with E-state index in [-0.39, 0.29) is 11.2 Å². The number of halogens is 1. The highest BCUT2D eigenvalue weighted by Crippen LogP contribution is 2.39. The van der Waals surface area contributed by atoms with Crippen molar-refractivity contribution in [2.24, 2.45) is 0 Å². The molecule has 1 aromatic carbocycles. The van der Waals surface area contributed by atoms with Crippen molar-refractivity contribution in [3.8, 4) is 0 Å². The van der Waals surface area contributed by atoms with Gasteiger partial charge in [0.25, 0.3) is 0 Å². The van der Waals surface area contributed by atoms with Gasteiger partial charge in [0.2, 0.25) is 0 Å². The van der Waals surface area contributed by atoms with Gasteiger partial charge < -0.3 is 20.4 Å². The molecule has 0 aromatic heterocycles. The van der Waals surface area contributed by atoms with Crippen LogP contribution in [0.5, 0.6) is 0 Å². The lowest BCUT2D eigenvalue weighted by atomic mass is 9.77. The number of nitrogens with one attached hydrogen (secondary N) is 1. The van der Waals surface area contributed by atoms with Gasteiger partial charge in [-0.25, -0.2) is 0 Å². The SMILES string of the molecule is CNCC(=Cc1ccc(N)c(C)c1Cl)B1OC(C)(C)C(C)(C)O1. The molecule has 0 radical (unpaired) electrons. The zero-order valence-corrected chi connectivity index (χ0v) is 15.5. The second-order valence-electron chi connectivity index (χ2n) is 7.02. The molecule has 23 heavy (non-hydrogen) atoms. The van der Waals surface area contributed by atoms with Crippen LogP contribution in [0, 0.1) is 6.92 Å². The van der Waals surface area contributed by atoms with Crippen LogP contribution in [-0.2, 0) is 9.31 Å². The van der Waals surface area contributed by atoms with E-state index in [9.17, 15) is 0 Å². The summed E-state index contributed by atoms with van der Waals surface area (Å²) < 4.78 is 12.3. The lowest BCUT2D eigenvalue weighted by Gasteiger charge is -2.32. The molecule has 0 unspecified atom stereocenters. The van der Waals surface area contributed by atoms with Gasteiger partial charge in [-0.2, -0.15) is 0 Å². The smallest absolute Gasteiger partial charge is 0.400 e. The van der Waals surface area contributed by atoms with E-state index in [1.54, 1.807) is 0 Å². The number of benzene rings is 1. The van der Waals surface area contributed by atoms with E-state index in [2.05, 4.69) is 5.32 Å². The van der Waals surface area contributed by atoms with Crippen molar-refractivity contribution in [3.63, 3.8) is 0 Å². The second kappa shape index (κ2) is 6.48. The normalized spacial score (nSPS) is 20.1. The fraction of sp³-hybridized carbons (Fsp3) is 0.529. The molecule has 0 amide bonds. The zero-order chi connectivity index (χ0) is 17.4. The summed E-state index contributed by atoms with van der Waals surface area (Å²) in [5.41, 5.74) is 8.66. The van der Waals surface area contributed by atoms with Crippen LogP contribution in [0.15, 0.2) is 17.6 Å². The van der Waals surface area contributed by atoms with Crippen LogP contribution < -0.4 is 11.1 Å². The Morgan fingerprint density at radius 2 is 1.83 bits per heavy atom. The van der Waals surface area contributed by atoms with Crippen LogP contribution in [0.4, 0.5) is 5.69 Å². The molecule has 2 rings (SSSR count). The van der Waals surface area contributed by atoms with Crippen LogP contribution in [0.1, 0.15) is 38.8 Å². The molecule has 0 spiro atoms. The van der Waals surface area contributed by atoms with Gasteiger partial charge in [-0.15, -0.1) is 0 Å². The summed E-state index contributed by atoms with van der Waals surface area (Å²) in [7, 11) is 1.50. The Morgan fingerprint density at radius 3 is 2.35 bits per heavy atom. The van der Waals surface area contributed by atoms with E-state index in [0.717, 1.165) is 16.6 Å². The van der Waals surface area contributed by atoms with Crippen LogP contribution in [0.2, 0.25) is 5.02 Å². The van der Waals surface area contributed by atoms with Crippen molar-refractivity contribution in [2.45, 2.75) is 45.8 Å². The molecule has 6 heteroatoms. The quantitative estimate of drug-likeness (QED) is 0.653. The molecule has 0 bridgehead atoms. The van der Waals surface area contributed by atoms with Gasteiger partial charge in [-0.05, 0) is 64.3 Å². The minimum atomic E-state index is -0.402. The largest absolute Gasteiger partial charge is 0.491 e. The maximum atomic E-state index is 6.43. The third-order valence-electron chi connectivity index (χ3n) is 4.74.